The number of rotatable bonds is 2. The lowest BCUT2D eigenvalue weighted by Gasteiger charge is -2.07. The Kier molecular flexibility index (Phi) is 5.92. The predicted molar refractivity (Wildman–Crippen MR) is 75.1 cm³/mol. The summed E-state index contributed by atoms with van der Waals surface area (Å²) in [7, 11) is -7.65. The van der Waals surface area contributed by atoms with Crippen LogP contribution in [0.3, 0.4) is 0 Å². The second-order valence-electron chi connectivity index (χ2n) is 4.31. The highest BCUT2D eigenvalue weighted by Gasteiger charge is 2.51. The van der Waals surface area contributed by atoms with Crippen LogP contribution in [-0.4, -0.2) is 34.0 Å². The van der Waals surface area contributed by atoms with Crippen LogP contribution in [-0.2, 0) is 31.5 Å². The van der Waals surface area contributed by atoms with Crippen LogP contribution in [0, 0.1) is 0 Å². The largest absolute Gasteiger partial charge is 0.726 e. The lowest BCUT2D eigenvalue weighted by molar-refractivity contribution is -0.684. The summed E-state index contributed by atoms with van der Waals surface area (Å²) < 4.78 is 92.3. The van der Waals surface area contributed by atoms with Gasteiger partial charge in [0, 0.05) is 17.5 Å². The van der Waals surface area contributed by atoms with E-state index in [0.29, 0.717) is 10.9 Å². The number of aromatic nitrogens is 1. The van der Waals surface area contributed by atoms with Gasteiger partial charge in [-0.3, -0.25) is 4.18 Å². The highest BCUT2D eigenvalue weighted by Crippen LogP contribution is 2.29. The average Bonchev–Trinajstić information content (AvgIpc) is 2.46. The zero-order chi connectivity index (χ0) is 18.8. The summed E-state index contributed by atoms with van der Waals surface area (Å²) in [6, 6.07) is 8.93. The summed E-state index contributed by atoms with van der Waals surface area (Å²) in [5, 5.41) is -0.102. The number of hydrogen-bond donors (Lipinski definition) is 0. The molecule has 0 fully saturated rings. The zero-order valence-corrected chi connectivity index (χ0v) is 13.9. The van der Waals surface area contributed by atoms with E-state index in [1.807, 2.05) is 0 Å². The number of sulfone groups is 1. The molecule has 0 bridgehead atoms. The summed E-state index contributed by atoms with van der Waals surface area (Å²) in [4.78, 5) is 0. The highest BCUT2D eigenvalue weighted by molar-refractivity contribution is 7.92. The van der Waals surface area contributed by atoms with Gasteiger partial charge in [-0.05, 0) is 12.1 Å². The van der Waals surface area contributed by atoms with Crippen molar-refractivity contribution in [1.82, 2.24) is 0 Å². The molecule has 0 saturated carbocycles. The summed E-state index contributed by atoms with van der Waals surface area (Å²) >= 11 is 0. The Balaban J connectivity index is 0.000000413. The topological polar surface area (TPSA) is 104 Å². The molecule has 0 radical (unpaired) electrons. The summed E-state index contributed by atoms with van der Waals surface area (Å²) in [5.74, 6) is 0. The van der Waals surface area contributed by atoms with Crippen molar-refractivity contribution in [1.29, 1.82) is 0 Å². The fourth-order valence-corrected chi connectivity index (χ4v) is 2.66. The maximum absolute atomic E-state index is 12.5. The van der Waals surface area contributed by atoms with Crippen LogP contribution >= 0.6 is 0 Å². The standard InChI is InChI=1S/C11H9F3NO2S.CH4O4S/c1-15-9-5-3-2-4-8(9)6-7-10(15)18(16,17)11(12,13)14;1-5-6(2,3)4/h2-7H,1H3;1H3,(H,2,3,4)/q+1;/p-1. The molecule has 1 heterocycles. The third-order valence-corrected chi connectivity index (χ3v) is 4.80. The maximum atomic E-state index is 12.5. The van der Waals surface area contributed by atoms with Crippen LogP contribution in [0.25, 0.3) is 10.9 Å². The molecule has 0 amide bonds. The van der Waals surface area contributed by atoms with Gasteiger partial charge in [0.1, 0.15) is 7.05 Å². The van der Waals surface area contributed by atoms with E-state index in [4.69, 9.17) is 0 Å². The molecular formula is C12H12F3NO6S2. The van der Waals surface area contributed by atoms with E-state index in [0.717, 1.165) is 17.7 Å². The first-order valence-corrected chi connectivity index (χ1v) is 8.83. The van der Waals surface area contributed by atoms with E-state index in [1.165, 1.54) is 13.1 Å². The van der Waals surface area contributed by atoms with Crippen LogP contribution in [0.2, 0.25) is 0 Å². The van der Waals surface area contributed by atoms with Gasteiger partial charge < -0.3 is 4.55 Å². The number of para-hydroxylation sites is 1. The molecular weight excluding hydrogens is 375 g/mol. The van der Waals surface area contributed by atoms with Crippen molar-refractivity contribution < 1.29 is 43.3 Å². The minimum atomic E-state index is -5.34. The van der Waals surface area contributed by atoms with Gasteiger partial charge in [-0.15, -0.1) is 0 Å². The van der Waals surface area contributed by atoms with E-state index in [-0.39, 0.29) is 0 Å². The molecule has 1 aromatic heterocycles. The summed E-state index contributed by atoms with van der Waals surface area (Å²) in [6.07, 6.45) is 0. The number of nitrogens with zero attached hydrogens (tertiary/aromatic N) is 1. The molecule has 24 heavy (non-hydrogen) atoms. The van der Waals surface area contributed by atoms with Crippen LogP contribution < -0.4 is 4.57 Å². The van der Waals surface area contributed by atoms with Crippen LogP contribution in [0.5, 0.6) is 0 Å². The number of pyridine rings is 1. The van der Waals surface area contributed by atoms with Crippen molar-refractivity contribution in [2.75, 3.05) is 7.11 Å². The summed E-state index contributed by atoms with van der Waals surface area (Å²) in [6.45, 7) is 0. The Labute approximate surface area is 136 Å². The molecule has 0 spiro atoms. The normalized spacial score (nSPS) is 12.6. The van der Waals surface area contributed by atoms with Gasteiger partial charge >= 0.3 is 20.4 Å². The molecule has 12 heteroatoms. The fourth-order valence-electron chi connectivity index (χ4n) is 1.71. The third kappa shape index (κ3) is 4.63. The van der Waals surface area contributed by atoms with Gasteiger partial charge in [0.05, 0.1) is 7.11 Å². The first-order chi connectivity index (χ1) is 10.8. The molecule has 0 aliphatic carbocycles. The molecule has 0 N–H and O–H groups in total. The van der Waals surface area contributed by atoms with E-state index < -0.39 is 30.8 Å². The molecule has 0 unspecified atom stereocenters. The van der Waals surface area contributed by atoms with Crippen molar-refractivity contribution in [2.45, 2.75) is 10.5 Å². The number of aryl methyl sites for hydroxylation is 1. The van der Waals surface area contributed by atoms with E-state index in [2.05, 4.69) is 4.18 Å². The second kappa shape index (κ2) is 7.01. The van der Waals surface area contributed by atoms with E-state index in [1.54, 1.807) is 24.3 Å². The molecule has 7 nitrogen and oxygen atoms in total. The van der Waals surface area contributed by atoms with E-state index >= 15 is 0 Å². The Morgan fingerprint density at radius 2 is 1.54 bits per heavy atom. The lowest BCUT2D eigenvalue weighted by atomic mass is 10.2. The van der Waals surface area contributed by atoms with Crippen molar-refractivity contribution in [3.8, 4) is 0 Å². The van der Waals surface area contributed by atoms with Gasteiger partial charge in [0.15, 0.2) is 0 Å². The maximum Gasteiger partial charge on any atom is 0.507 e. The van der Waals surface area contributed by atoms with Crippen LogP contribution in [0.4, 0.5) is 13.2 Å². The van der Waals surface area contributed by atoms with Gasteiger partial charge in [-0.1, -0.05) is 12.1 Å². The van der Waals surface area contributed by atoms with Gasteiger partial charge in [-0.2, -0.15) is 17.7 Å². The number of halogens is 3. The second-order valence-corrected chi connectivity index (χ2v) is 7.35. The van der Waals surface area contributed by atoms with Crippen molar-refractivity contribution in [3.63, 3.8) is 0 Å². The number of fused-ring (bicyclic) bond motifs is 1. The summed E-state index contributed by atoms with van der Waals surface area (Å²) in [5.41, 5.74) is -4.88. The van der Waals surface area contributed by atoms with Crippen LogP contribution in [0.15, 0.2) is 41.4 Å². The Morgan fingerprint density at radius 3 is 2.00 bits per heavy atom. The number of benzene rings is 1. The number of alkyl halides is 3. The highest BCUT2D eigenvalue weighted by atomic mass is 32.3. The molecule has 134 valence electrons. The Morgan fingerprint density at radius 1 is 1.04 bits per heavy atom. The molecule has 2 aromatic rings. The van der Waals surface area contributed by atoms with Crippen LogP contribution in [0.1, 0.15) is 0 Å². The lowest BCUT2D eigenvalue weighted by Crippen LogP contribution is -2.40. The zero-order valence-electron chi connectivity index (χ0n) is 12.3. The first-order valence-electron chi connectivity index (χ1n) is 6.02. The van der Waals surface area contributed by atoms with Gasteiger partial charge in [-0.25, -0.2) is 16.8 Å². The van der Waals surface area contributed by atoms with Crippen molar-refractivity contribution in [3.05, 3.63) is 36.4 Å². The number of hydrogen-bond acceptors (Lipinski definition) is 6. The monoisotopic (exact) mass is 387 g/mol. The molecule has 1 aromatic carbocycles. The van der Waals surface area contributed by atoms with E-state index in [9.17, 15) is 34.6 Å². The molecule has 0 aliphatic rings. The Hall–Kier alpha value is -1.76. The van der Waals surface area contributed by atoms with Gasteiger partial charge in [0.25, 0.3) is 0 Å². The Bertz CT molecular complexity index is 939. The smallest absolute Gasteiger partial charge is 0.507 e. The van der Waals surface area contributed by atoms with Crippen molar-refractivity contribution in [2.24, 2.45) is 7.05 Å². The van der Waals surface area contributed by atoms with Crippen molar-refractivity contribution >= 4 is 31.1 Å². The first kappa shape index (κ1) is 20.3. The minimum absolute atomic E-state index is 0.419. The predicted octanol–water partition coefficient (Wildman–Crippen LogP) is 1.05. The minimum Gasteiger partial charge on any atom is -0.726 e. The molecule has 2 rings (SSSR count). The fraction of sp³-hybridized carbons (Fsp3) is 0.250. The molecule has 0 saturated heterocycles. The SMILES string of the molecule is COS(=O)(=O)[O-].C[n+]1c(S(=O)(=O)C(F)(F)F)ccc2ccccc21. The van der Waals surface area contributed by atoms with Gasteiger partial charge in [0.2, 0.25) is 15.9 Å². The molecule has 0 atom stereocenters. The molecule has 0 aliphatic heterocycles. The average molecular weight is 387 g/mol. The third-order valence-electron chi connectivity index (χ3n) is 2.82. The quantitative estimate of drug-likeness (QED) is 0.433.